The molecule has 3 rings (SSSR count). The quantitative estimate of drug-likeness (QED) is 0.560. The van der Waals surface area contributed by atoms with Crippen molar-refractivity contribution in [3.05, 3.63) is 69.6 Å². The largest absolute Gasteiger partial charge is 0.344 e. The number of hydrogen-bond donors (Lipinski definition) is 1. The maximum absolute atomic E-state index is 13.8. The fourth-order valence-electron chi connectivity index (χ4n) is 2.80. The van der Waals surface area contributed by atoms with Crippen molar-refractivity contribution in [2.45, 2.75) is 19.1 Å². The molecule has 0 saturated heterocycles. The molecule has 1 atom stereocenters. The van der Waals surface area contributed by atoms with Crippen molar-refractivity contribution in [3.8, 4) is 0 Å². The van der Waals surface area contributed by atoms with E-state index in [1.165, 1.54) is 24.3 Å². The summed E-state index contributed by atoms with van der Waals surface area (Å²) in [7, 11) is -4.04. The topological polar surface area (TPSA) is 42.2 Å². The summed E-state index contributed by atoms with van der Waals surface area (Å²) < 4.78 is 53.8. The first-order valence-corrected chi connectivity index (χ1v) is 9.50. The number of fused-ring (bicyclic) bond motifs is 1. The maximum Gasteiger partial charge on any atom is 0.344 e. The van der Waals surface area contributed by atoms with Gasteiger partial charge in [-0.3, -0.25) is 4.57 Å². The third kappa shape index (κ3) is 3.41. The van der Waals surface area contributed by atoms with Gasteiger partial charge in [0.2, 0.25) is 0 Å². The number of alkyl halides is 2. The van der Waals surface area contributed by atoms with E-state index >= 15 is 0 Å². The van der Waals surface area contributed by atoms with Crippen LogP contribution in [0.25, 0.3) is 10.9 Å². The molecule has 0 radical (unpaired) electrons. The van der Waals surface area contributed by atoms with Crippen LogP contribution in [0.15, 0.2) is 46.9 Å². The Morgan fingerprint density at radius 2 is 1.92 bits per heavy atom. The Morgan fingerprint density at radius 3 is 2.56 bits per heavy atom. The molecule has 8 heteroatoms. The van der Waals surface area contributed by atoms with Crippen LogP contribution in [0.4, 0.5) is 13.2 Å². The molecule has 1 unspecified atom stereocenters. The highest BCUT2D eigenvalue weighted by atomic mass is 79.9. The van der Waals surface area contributed by atoms with E-state index in [-0.39, 0.29) is 10.3 Å². The Balaban J connectivity index is 1.99. The molecule has 0 amide bonds. The minimum Gasteiger partial charge on any atom is -0.342 e. The van der Waals surface area contributed by atoms with Crippen molar-refractivity contribution in [2.24, 2.45) is 0 Å². The van der Waals surface area contributed by atoms with Crippen LogP contribution in [-0.2, 0) is 16.8 Å². The summed E-state index contributed by atoms with van der Waals surface area (Å²) in [5.41, 5.74) is -1.82. The molecule has 0 saturated carbocycles. The molecule has 132 valence electrons. The van der Waals surface area contributed by atoms with Crippen molar-refractivity contribution in [1.82, 2.24) is 4.57 Å². The molecule has 0 bridgehead atoms. The van der Waals surface area contributed by atoms with E-state index < -0.39 is 19.3 Å². The van der Waals surface area contributed by atoms with Gasteiger partial charge in [0, 0.05) is 33.2 Å². The minimum atomic E-state index is -4.04. The molecule has 0 aliphatic rings. The third-order valence-corrected chi connectivity index (χ3v) is 5.51. The summed E-state index contributed by atoms with van der Waals surface area (Å²) in [5.74, 6) is -0.321. The molecule has 0 spiro atoms. The van der Waals surface area contributed by atoms with Gasteiger partial charge in [-0.05, 0) is 42.8 Å². The van der Waals surface area contributed by atoms with E-state index in [4.69, 9.17) is 4.89 Å². The number of halogens is 4. The van der Waals surface area contributed by atoms with Crippen LogP contribution in [0.2, 0.25) is 0 Å². The van der Waals surface area contributed by atoms with Gasteiger partial charge in [-0.25, -0.2) is 4.39 Å². The zero-order valence-corrected chi connectivity index (χ0v) is 15.6. The molecule has 0 aliphatic carbocycles. The maximum atomic E-state index is 13.8. The normalized spacial score (nSPS) is 13.4. The fraction of sp³-hybridized carbons (Fsp3) is 0.176. The number of aromatic nitrogens is 1. The van der Waals surface area contributed by atoms with Crippen molar-refractivity contribution in [1.29, 1.82) is 0 Å². The molecule has 2 aromatic carbocycles. The molecule has 3 nitrogen and oxygen atoms in total. The SMILES string of the molecule is Cc1cc2cc(F)ccc2n1Cc1ccc(C(F)(F)[PH](=O)O)c(Br)c1. The molecular formula is C17H14BrF3NO2P. The lowest BCUT2D eigenvalue weighted by Gasteiger charge is -2.16. The standard InChI is InChI=1S/C17H14BrF3NO2P/c1-10-6-12-8-13(19)3-5-16(12)22(10)9-11-2-4-14(15(18)7-11)17(20,21)25(23)24/h2-8,25H,9H2,1H3,(H,23,24). The Labute approximate surface area is 151 Å². The molecule has 1 N–H and O–H groups in total. The van der Waals surface area contributed by atoms with E-state index in [1.807, 2.05) is 17.6 Å². The van der Waals surface area contributed by atoms with Gasteiger partial charge in [0.1, 0.15) is 5.82 Å². The highest BCUT2D eigenvalue weighted by Gasteiger charge is 2.39. The molecular weight excluding hydrogens is 418 g/mol. The monoisotopic (exact) mass is 431 g/mol. The lowest BCUT2D eigenvalue weighted by molar-refractivity contribution is 0.0807. The van der Waals surface area contributed by atoms with Gasteiger partial charge in [-0.2, -0.15) is 8.78 Å². The number of hydrogen-bond acceptors (Lipinski definition) is 1. The smallest absolute Gasteiger partial charge is 0.342 e. The van der Waals surface area contributed by atoms with Crippen molar-refractivity contribution >= 4 is 34.9 Å². The highest BCUT2D eigenvalue weighted by molar-refractivity contribution is 9.10. The van der Waals surface area contributed by atoms with Gasteiger partial charge in [0.05, 0.1) is 0 Å². The molecule has 0 aliphatic heterocycles. The zero-order valence-electron chi connectivity index (χ0n) is 13.1. The zero-order chi connectivity index (χ0) is 18.4. The van der Waals surface area contributed by atoms with Gasteiger partial charge in [0.15, 0.2) is 0 Å². The molecule has 1 aromatic heterocycles. The van der Waals surface area contributed by atoms with Gasteiger partial charge >= 0.3 is 5.66 Å². The van der Waals surface area contributed by atoms with Crippen molar-refractivity contribution in [2.75, 3.05) is 0 Å². The van der Waals surface area contributed by atoms with Crippen LogP contribution in [0.3, 0.4) is 0 Å². The van der Waals surface area contributed by atoms with Crippen LogP contribution in [0, 0.1) is 12.7 Å². The molecule has 3 aromatic rings. The number of rotatable bonds is 4. The van der Waals surface area contributed by atoms with Crippen molar-refractivity contribution < 1.29 is 22.6 Å². The van der Waals surface area contributed by atoms with E-state index in [0.717, 1.165) is 28.2 Å². The Hall–Kier alpha value is -1.56. The minimum absolute atomic E-state index is 0.0718. The lowest BCUT2D eigenvalue weighted by Crippen LogP contribution is -2.09. The fourth-order valence-corrected chi connectivity index (χ4v) is 4.11. The Kier molecular flexibility index (Phi) is 4.84. The summed E-state index contributed by atoms with van der Waals surface area (Å²) >= 11 is 3.06. The molecule has 1 heterocycles. The summed E-state index contributed by atoms with van der Waals surface area (Å²) in [6.07, 6.45) is 0. The van der Waals surface area contributed by atoms with E-state index in [1.54, 1.807) is 6.07 Å². The first kappa shape index (κ1) is 18.2. The van der Waals surface area contributed by atoms with Crippen LogP contribution < -0.4 is 0 Å². The van der Waals surface area contributed by atoms with Gasteiger partial charge in [-0.1, -0.05) is 28.1 Å². The molecule has 0 fully saturated rings. The predicted octanol–water partition coefficient (Wildman–Crippen LogP) is 5.42. The first-order valence-electron chi connectivity index (χ1n) is 7.35. The predicted molar refractivity (Wildman–Crippen MR) is 95.0 cm³/mol. The second-order valence-electron chi connectivity index (χ2n) is 5.77. The van der Waals surface area contributed by atoms with Crippen LogP contribution in [0.5, 0.6) is 0 Å². The van der Waals surface area contributed by atoms with E-state index in [0.29, 0.717) is 6.54 Å². The Morgan fingerprint density at radius 1 is 1.20 bits per heavy atom. The summed E-state index contributed by atoms with van der Waals surface area (Å²) in [4.78, 5) is 8.85. The van der Waals surface area contributed by atoms with Gasteiger partial charge in [0.25, 0.3) is 8.03 Å². The van der Waals surface area contributed by atoms with Crippen LogP contribution >= 0.6 is 24.0 Å². The van der Waals surface area contributed by atoms with Gasteiger partial charge in [-0.15, -0.1) is 0 Å². The average Bonchev–Trinajstić information content (AvgIpc) is 2.82. The molecule has 25 heavy (non-hydrogen) atoms. The number of nitrogens with zero attached hydrogens (tertiary/aromatic N) is 1. The summed E-state index contributed by atoms with van der Waals surface area (Å²) in [6, 6.07) is 10.5. The van der Waals surface area contributed by atoms with Gasteiger partial charge < -0.3 is 9.46 Å². The summed E-state index contributed by atoms with van der Waals surface area (Å²) in [5, 5.41) is 0.763. The lowest BCUT2D eigenvalue weighted by atomic mass is 10.1. The summed E-state index contributed by atoms with van der Waals surface area (Å²) in [6.45, 7) is 2.28. The van der Waals surface area contributed by atoms with Crippen LogP contribution in [0.1, 0.15) is 16.8 Å². The average molecular weight is 432 g/mol. The first-order chi connectivity index (χ1) is 11.7. The van der Waals surface area contributed by atoms with Crippen LogP contribution in [-0.4, -0.2) is 9.46 Å². The second kappa shape index (κ2) is 6.63. The highest BCUT2D eigenvalue weighted by Crippen LogP contribution is 2.49. The Bertz CT molecular complexity index is 987. The van der Waals surface area contributed by atoms with Crippen molar-refractivity contribution in [3.63, 3.8) is 0 Å². The van der Waals surface area contributed by atoms with E-state index in [9.17, 15) is 17.7 Å². The number of benzene rings is 2. The second-order valence-corrected chi connectivity index (χ2v) is 7.86. The third-order valence-electron chi connectivity index (χ3n) is 4.05. The number of aryl methyl sites for hydroxylation is 1. The van der Waals surface area contributed by atoms with E-state index in [2.05, 4.69) is 15.9 Å².